The summed E-state index contributed by atoms with van der Waals surface area (Å²) in [6.07, 6.45) is 4.52. The van der Waals surface area contributed by atoms with E-state index in [0.29, 0.717) is 11.9 Å². The fourth-order valence-corrected chi connectivity index (χ4v) is 2.93. The number of rotatable bonds is 6. The molecule has 0 aliphatic heterocycles. The summed E-state index contributed by atoms with van der Waals surface area (Å²) < 4.78 is 11.6. The van der Waals surface area contributed by atoms with E-state index in [1.54, 1.807) is 6.92 Å². The molecule has 1 saturated carbocycles. The highest BCUT2D eigenvalue weighted by Gasteiger charge is 2.17. The maximum atomic E-state index is 12.3. The highest BCUT2D eigenvalue weighted by atomic mass is 16.5. The average Bonchev–Trinajstić information content (AvgIpc) is 3.11. The highest BCUT2D eigenvalue weighted by Crippen LogP contribution is 2.25. The Morgan fingerprint density at radius 1 is 1.00 bits per heavy atom. The average molecular weight is 339 g/mol. The van der Waals surface area contributed by atoms with Crippen molar-refractivity contribution < 1.29 is 14.3 Å². The van der Waals surface area contributed by atoms with Gasteiger partial charge in [0.25, 0.3) is 5.91 Å². The van der Waals surface area contributed by atoms with Crippen LogP contribution < -0.4 is 14.8 Å². The molecule has 0 radical (unpaired) electrons. The fraction of sp³-hybridized carbons (Fsp3) is 0.381. The van der Waals surface area contributed by atoms with E-state index >= 15 is 0 Å². The lowest BCUT2D eigenvalue weighted by Gasteiger charge is -2.16. The summed E-state index contributed by atoms with van der Waals surface area (Å²) in [6, 6.07) is 15.2. The van der Waals surface area contributed by atoms with E-state index < -0.39 is 6.10 Å². The maximum absolute atomic E-state index is 12.3. The minimum absolute atomic E-state index is 0.176. The lowest BCUT2D eigenvalue weighted by Crippen LogP contribution is -2.30. The number of ether oxygens (including phenoxy) is 2. The number of carbonyl (C=O) groups excluding carboxylic acids is 1. The monoisotopic (exact) mass is 339 g/mol. The molecule has 4 heteroatoms. The largest absolute Gasteiger partial charge is 0.490 e. The SMILES string of the molecule is Cc1ccc(O[C@H](C)C(=O)Nc2ccc(OC3CCCC3)cc2)cc1. The Morgan fingerprint density at radius 3 is 2.24 bits per heavy atom. The van der Waals surface area contributed by atoms with Crippen LogP contribution in [0.3, 0.4) is 0 Å². The van der Waals surface area contributed by atoms with Crippen molar-refractivity contribution in [2.75, 3.05) is 5.32 Å². The molecule has 25 heavy (non-hydrogen) atoms. The Kier molecular flexibility index (Phi) is 5.59. The first-order valence-corrected chi connectivity index (χ1v) is 8.91. The van der Waals surface area contributed by atoms with Gasteiger partial charge in [0.15, 0.2) is 6.10 Å². The molecular formula is C21H25NO3. The molecular weight excluding hydrogens is 314 g/mol. The molecule has 3 rings (SSSR count). The van der Waals surface area contributed by atoms with Crippen molar-refractivity contribution in [1.29, 1.82) is 0 Å². The lowest BCUT2D eigenvalue weighted by atomic mass is 10.2. The van der Waals surface area contributed by atoms with Crippen LogP contribution >= 0.6 is 0 Å². The minimum atomic E-state index is -0.572. The number of carbonyl (C=O) groups is 1. The summed E-state index contributed by atoms with van der Waals surface area (Å²) in [7, 11) is 0. The topological polar surface area (TPSA) is 47.6 Å². The Bertz CT molecular complexity index is 688. The molecule has 1 aliphatic rings. The van der Waals surface area contributed by atoms with E-state index in [4.69, 9.17) is 9.47 Å². The summed E-state index contributed by atoms with van der Waals surface area (Å²) in [5.74, 6) is 1.37. The number of nitrogens with one attached hydrogen (secondary N) is 1. The number of anilines is 1. The van der Waals surface area contributed by atoms with Gasteiger partial charge < -0.3 is 14.8 Å². The second kappa shape index (κ2) is 8.06. The predicted octanol–water partition coefficient (Wildman–Crippen LogP) is 4.72. The third-order valence-corrected chi connectivity index (χ3v) is 4.43. The number of hydrogen-bond donors (Lipinski definition) is 1. The predicted molar refractivity (Wildman–Crippen MR) is 99.2 cm³/mol. The molecule has 0 bridgehead atoms. The standard InChI is InChI=1S/C21H25NO3/c1-15-7-11-19(12-8-15)24-16(2)21(23)22-17-9-13-20(14-10-17)25-18-5-3-4-6-18/h7-14,16,18H,3-6H2,1-2H3,(H,22,23)/t16-/m1/s1. The molecule has 0 saturated heterocycles. The van der Waals surface area contributed by atoms with Crippen LogP contribution in [0, 0.1) is 6.92 Å². The van der Waals surface area contributed by atoms with Gasteiger partial charge in [0.1, 0.15) is 11.5 Å². The van der Waals surface area contributed by atoms with E-state index in [9.17, 15) is 4.79 Å². The quantitative estimate of drug-likeness (QED) is 0.828. The van der Waals surface area contributed by atoms with Crippen molar-refractivity contribution in [3.63, 3.8) is 0 Å². The van der Waals surface area contributed by atoms with Gasteiger partial charge in [-0.05, 0) is 75.9 Å². The fourth-order valence-electron chi connectivity index (χ4n) is 2.93. The zero-order valence-corrected chi connectivity index (χ0v) is 14.8. The summed E-state index contributed by atoms with van der Waals surface area (Å²) in [4.78, 5) is 12.3. The van der Waals surface area contributed by atoms with Crippen LogP contribution in [0.5, 0.6) is 11.5 Å². The van der Waals surface area contributed by atoms with Crippen LogP contribution in [0.2, 0.25) is 0 Å². The third kappa shape index (κ3) is 4.99. The Labute approximate surface area is 149 Å². The third-order valence-electron chi connectivity index (χ3n) is 4.43. The molecule has 1 amide bonds. The van der Waals surface area contributed by atoms with E-state index in [1.165, 1.54) is 12.8 Å². The second-order valence-electron chi connectivity index (χ2n) is 6.61. The minimum Gasteiger partial charge on any atom is -0.490 e. The summed E-state index contributed by atoms with van der Waals surface area (Å²) in [5, 5.41) is 2.87. The lowest BCUT2D eigenvalue weighted by molar-refractivity contribution is -0.122. The number of hydrogen-bond acceptors (Lipinski definition) is 3. The van der Waals surface area contributed by atoms with Gasteiger partial charge in [-0.3, -0.25) is 4.79 Å². The Hall–Kier alpha value is -2.49. The molecule has 0 spiro atoms. The second-order valence-corrected chi connectivity index (χ2v) is 6.61. The smallest absolute Gasteiger partial charge is 0.265 e. The molecule has 0 aromatic heterocycles. The molecule has 1 atom stereocenters. The van der Waals surface area contributed by atoms with Crippen molar-refractivity contribution in [2.24, 2.45) is 0 Å². The van der Waals surface area contributed by atoms with Crippen molar-refractivity contribution in [2.45, 2.75) is 51.7 Å². The van der Waals surface area contributed by atoms with Crippen LogP contribution in [-0.2, 0) is 4.79 Å². The molecule has 0 heterocycles. The van der Waals surface area contributed by atoms with Crippen molar-refractivity contribution in [1.82, 2.24) is 0 Å². The molecule has 132 valence electrons. The number of benzene rings is 2. The van der Waals surface area contributed by atoms with Crippen LogP contribution in [0.25, 0.3) is 0 Å². The molecule has 2 aromatic carbocycles. The molecule has 1 aliphatic carbocycles. The van der Waals surface area contributed by atoms with Gasteiger partial charge in [-0.25, -0.2) is 0 Å². The van der Waals surface area contributed by atoms with Gasteiger partial charge in [0.05, 0.1) is 6.10 Å². The zero-order chi connectivity index (χ0) is 17.6. The Morgan fingerprint density at radius 2 is 1.60 bits per heavy atom. The molecule has 1 fully saturated rings. The first-order valence-electron chi connectivity index (χ1n) is 8.91. The van der Waals surface area contributed by atoms with E-state index in [2.05, 4.69) is 5.32 Å². The summed E-state index contributed by atoms with van der Waals surface area (Å²) in [5.41, 5.74) is 1.90. The van der Waals surface area contributed by atoms with Crippen molar-refractivity contribution in [3.05, 3.63) is 54.1 Å². The maximum Gasteiger partial charge on any atom is 0.265 e. The van der Waals surface area contributed by atoms with Gasteiger partial charge in [0, 0.05) is 5.69 Å². The normalized spacial score (nSPS) is 15.6. The van der Waals surface area contributed by atoms with Crippen molar-refractivity contribution in [3.8, 4) is 11.5 Å². The van der Waals surface area contributed by atoms with Crippen LogP contribution in [0.15, 0.2) is 48.5 Å². The summed E-state index contributed by atoms with van der Waals surface area (Å²) in [6.45, 7) is 3.76. The van der Waals surface area contributed by atoms with Crippen molar-refractivity contribution >= 4 is 11.6 Å². The van der Waals surface area contributed by atoms with E-state index in [1.807, 2.05) is 55.5 Å². The van der Waals surface area contributed by atoms with E-state index in [-0.39, 0.29) is 5.91 Å². The summed E-state index contributed by atoms with van der Waals surface area (Å²) >= 11 is 0. The number of amides is 1. The van der Waals surface area contributed by atoms with Crippen LogP contribution in [-0.4, -0.2) is 18.1 Å². The van der Waals surface area contributed by atoms with Crippen LogP contribution in [0.1, 0.15) is 38.2 Å². The zero-order valence-electron chi connectivity index (χ0n) is 14.8. The van der Waals surface area contributed by atoms with Gasteiger partial charge in [-0.2, -0.15) is 0 Å². The Balaban J connectivity index is 1.51. The van der Waals surface area contributed by atoms with Gasteiger partial charge >= 0.3 is 0 Å². The number of aryl methyl sites for hydroxylation is 1. The molecule has 1 N–H and O–H groups in total. The van der Waals surface area contributed by atoms with Gasteiger partial charge in [-0.1, -0.05) is 17.7 Å². The van der Waals surface area contributed by atoms with Gasteiger partial charge in [-0.15, -0.1) is 0 Å². The molecule has 4 nitrogen and oxygen atoms in total. The van der Waals surface area contributed by atoms with Gasteiger partial charge in [0.2, 0.25) is 0 Å². The molecule has 0 unspecified atom stereocenters. The molecule has 2 aromatic rings. The van der Waals surface area contributed by atoms with Crippen LogP contribution in [0.4, 0.5) is 5.69 Å². The first-order chi connectivity index (χ1) is 12.1. The van der Waals surface area contributed by atoms with E-state index in [0.717, 1.165) is 29.8 Å². The first kappa shape index (κ1) is 17.3. The highest BCUT2D eigenvalue weighted by molar-refractivity contribution is 5.94.